The van der Waals surface area contributed by atoms with Crippen molar-refractivity contribution in [2.24, 2.45) is 0 Å². The first-order valence-corrected chi connectivity index (χ1v) is 7.85. The van der Waals surface area contributed by atoms with Gasteiger partial charge < -0.3 is 30.5 Å². The van der Waals surface area contributed by atoms with Crippen molar-refractivity contribution in [1.82, 2.24) is 9.55 Å². The van der Waals surface area contributed by atoms with E-state index in [1.807, 2.05) is 0 Å². The molecule has 0 bridgehead atoms. The molecule has 0 aromatic carbocycles. The van der Waals surface area contributed by atoms with E-state index >= 15 is 0 Å². The number of aryl methyl sites for hydroxylation is 1. The zero-order valence-corrected chi connectivity index (χ0v) is 12.8. The molecule has 23 heavy (non-hydrogen) atoms. The van der Waals surface area contributed by atoms with Gasteiger partial charge in [0.1, 0.15) is 29.9 Å². The van der Waals surface area contributed by atoms with E-state index in [0.717, 1.165) is 4.57 Å². The largest absolute Gasteiger partial charge is 0.510 e. The van der Waals surface area contributed by atoms with Crippen molar-refractivity contribution < 1.29 is 33.8 Å². The van der Waals surface area contributed by atoms with Crippen LogP contribution in [0.1, 0.15) is 11.8 Å². The Bertz CT molecular complexity index is 728. The van der Waals surface area contributed by atoms with Gasteiger partial charge in [-0.2, -0.15) is 4.98 Å². The third-order valence-electron chi connectivity index (χ3n) is 3.25. The van der Waals surface area contributed by atoms with Crippen LogP contribution in [0.4, 0.5) is 5.82 Å². The SMILES string of the molecule is C=C(O)[C@H]1O[C@@H](n2cc(C)c(N)nc2=O)[C@H](O)[C@@H]1OP(=O)(O)O. The summed E-state index contributed by atoms with van der Waals surface area (Å²) in [6.07, 6.45) is -4.91. The maximum atomic E-state index is 11.9. The smallest absolute Gasteiger partial charge is 0.470 e. The number of anilines is 1. The Labute approximate surface area is 129 Å². The molecule has 1 fully saturated rings. The molecule has 0 unspecified atom stereocenters. The number of phosphoric ester groups is 1. The number of aliphatic hydroxyl groups excluding tert-OH is 2. The number of hydrogen-bond acceptors (Lipinski definition) is 8. The Morgan fingerprint density at radius 3 is 2.70 bits per heavy atom. The fraction of sp³-hybridized carbons (Fsp3) is 0.455. The van der Waals surface area contributed by atoms with Gasteiger partial charge in [-0.3, -0.25) is 9.09 Å². The molecule has 1 aromatic heterocycles. The van der Waals surface area contributed by atoms with E-state index in [0.29, 0.717) is 5.56 Å². The van der Waals surface area contributed by atoms with Crippen molar-refractivity contribution in [1.29, 1.82) is 0 Å². The summed E-state index contributed by atoms with van der Waals surface area (Å²) in [5, 5.41) is 19.7. The minimum Gasteiger partial charge on any atom is -0.510 e. The molecule has 6 N–H and O–H groups in total. The molecule has 2 rings (SSSR count). The van der Waals surface area contributed by atoms with Crippen molar-refractivity contribution in [3.63, 3.8) is 0 Å². The molecule has 4 atom stereocenters. The normalized spacial score (nSPS) is 28.0. The number of ether oxygens (including phenoxy) is 1. The highest BCUT2D eigenvalue weighted by molar-refractivity contribution is 7.46. The maximum absolute atomic E-state index is 11.9. The van der Waals surface area contributed by atoms with Crippen LogP contribution in [0, 0.1) is 6.92 Å². The number of phosphoric acid groups is 1. The highest BCUT2D eigenvalue weighted by atomic mass is 31.2. The summed E-state index contributed by atoms with van der Waals surface area (Å²) >= 11 is 0. The van der Waals surface area contributed by atoms with Crippen LogP contribution in [0.5, 0.6) is 0 Å². The molecule has 12 heteroatoms. The maximum Gasteiger partial charge on any atom is 0.470 e. The van der Waals surface area contributed by atoms with Crippen LogP contribution < -0.4 is 11.4 Å². The van der Waals surface area contributed by atoms with Crippen molar-refractivity contribution in [3.05, 3.63) is 34.6 Å². The summed E-state index contributed by atoms with van der Waals surface area (Å²) in [4.78, 5) is 33.2. The summed E-state index contributed by atoms with van der Waals surface area (Å²) in [6.45, 7) is 4.76. The van der Waals surface area contributed by atoms with Gasteiger partial charge in [0.05, 0.1) is 0 Å². The van der Waals surface area contributed by atoms with Crippen molar-refractivity contribution in [3.8, 4) is 0 Å². The van der Waals surface area contributed by atoms with E-state index in [1.165, 1.54) is 6.20 Å². The highest BCUT2D eigenvalue weighted by Gasteiger charge is 2.50. The van der Waals surface area contributed by atoms with Gasteiger partial charge in [-0.25, -0.2) is 9.36 Å². The van der Waals surface area contributed by atoms with Gasteiger partial charge in [-0.15, -0.1) is 0 Å². The molecular formula is C11H16N3O8P. The second kappa shape index (κ2) is 6.04. The first kappa shape index (κ1) is 17.6. The standard InChI is InChI=1S/C11H16N3O8P/c1-4-3-14(11(17)13-9(4)12)10-6(16)8(22-23(18,19)20)7(21-10)5(2)15/h3,6-8,10,15-16H,2H2,1H3,(H2,12,13,17)(H2,18,19,20)/t6-,7-,8+,10-/m1/s1. The van der Waals surface area contributed by atoms with E-state index in [2.05, 4.69) is 16.1 Å². The van der Waals surface area contributed by atoms with Crippen LogP contribution in [0.15, 0.2) is 23.3 Å². The molecule has 2 heterocycles. The summed E-state index contributed by atoms with van der Waals surface area (Å²) in [5.74, 6) is -0.636. The lowest BCUT2D eigenvalue weighted by Crippen LogP contribution is -2.37. The summed E-state index contributed by atoms with van der Waals surface area (Å²) in [6, 6.07) is 0. The number of aliphatic hydroxyl groups is 2. The quantitative estimate of drug-likeness (QED) is 0.332. The molecule has 1 aliphatic rings. The van der Waals surface area contributed by atoms with E-state index in [-0.39, 0.29) is 5.82 Å². The number of hydrogen-bond donors (Lipinski definition) is 5. The molecule has 1 aliphatic heterocycles. The van der Waals surface area contributed by atoms with E-state index < -0.39 is 43.8 Å². The fourth-order valence-corrected chi connectivity index (χ4v) is 2.74. The van der Waals surface area contributed by atoms with Crippen LogP contribution in [0.3, 0.4) is 0 Å². The van der Waals surface area contributed by atoms with E-state index in [9.17, 15) is 19.6 Å². The fourth-order valence-electron chi connectivity index (χ4n) is 2.19. The Morgan fingerprint density at radius 2 is 2.17 bits per heavy atom. The molecule has 0 spiro atoms. The monoisotopic (exact) mass is 349 g/mol. The molecule has 1 saturated heterocycles. The summed E-state index contributed by atoms with van der Waals surface area (Å²) < 4.78 is 21.6. The third-order valence-corrected chi connectivity index (χ3v) is 3.77. The lowest BCUT2D eigenvalue weighted by atomic mass is 10.1. The molecular weight excluding hydrogens is 333 g/mol. The first-order valence-electron chi connectivity index (χ1n) is 6.31. The van der Waals surface area contributed by atoms with Crippen LogP contribution in [-0.4, -0.2) is 47.9 Å². The molecule has 128 valence electrons. The number of aromatic nitrogens is 2. The third kappa shape index (κ3) is 3.61. The second-order valence-electron chi connectivity index (χ2n) is 4.99. The summed E-state index contributed by atoms with van der Waals surface area (Å²) in [7, 11) is -4.99. The lowest BCUT2D eigenvalue weighted by molar-refractivity contribution is -0.0387. The van der Waals surface area contributed by atoms with Gasteiger partial charge in [0.15, 0.2) is 6.23 Å². The minimum absolute atomic E-state index is 0.00938. The van der Waals surface area contributed by atoms with Gasteiger partial charge >= 0.3 is 13.5 Å². The topological polar surface area (TPSA) is 177 Å². The molecule has 1 aromatic rings. The molecule has 0 amide bonds. The molecule has 11 nitrogen and oxygen atoms in total. The second-order valence-corrected chi connectivity index (χ2v) is 6.18. The molecule has 0 aliphatic carbocycles. The van der Waals surface area contributed by atoms with Crippen LogP contribution in [-0.2, 0) is 13.8 Å². The highest BCUT2D eigenvalue weighted by Crippen LogP contribution is 2.44. The average Bonchev–Trinajstić information content (AvgIpc) is 2.70. The van der Waals surface area contributed by atoms with Gasteiger partial charge in [0, 0.05) is 11.8 Å². The Kier molecular flexibility index (Phi) is 4.62. The molecule has 0 radical (unpaired) electrons. The zero-order valence-electron chi connectivity index (χ0n) is 11.9. The zero-order chi connectivity index (χ0) is 17.5. The van der Waals surface area contributed by atoms with Gasteiger partial charge in [-0.05, 0) is 6.92 Å². The number of nitrogens with zero attached hydrogens (tertiary/aromatic N) is 2. The average molecular weight is 349 g/mol. The predicted octanol–water partition coefficient (Wildman–Crippen LogP) is -1.06. The van der Waals surface area contributed by atoms with Crippen molar-refractivity contribution >= 4 is 13.6 Å². The van der Waals surface area contributed by atoms with Crippen LogP contribution >= 0.6 is 7.82 Å². The first-order chi connectivity index (χ1) is 10.5. The van der Waals surface area contributed by atoms with Gasteiger partial charge in [0.2, 0.25) is 0 Å². The Morgan fingerprint density at radius 1 is 1.57 bits per heavy atom. The number of rotatable bonds is 4. The summed E-state index contributed by atoms with van der Waals surface area (Å²) in [5.41, 5.74) is 5.06. The van der Waals surface area contributed by atoms with Crippen molar-refractivity contribution in [2.45, 2.75) is 31.5 Å². The number of nitrogens with two attached hydrogens (primary N) is 1. The number of nitrogen functional groups attached to an aromatic ring is 1. The Hall–Kier alpha value is -1.75. The lowest BCUT2D eigenvalue weighted by Gasteiger charge is -2.20. The molecule has 0 saturated carbocycles. The minimum atomic E-state index is -4.99. The predicted molar refractivity (Wildman–Crippen MR) is 76.2 cm³/mol. The van der Waals surface area contributed by atoms with Crippen LogP contribution in [0.2, 0.25) is 0 Å². The van der Waals surface area contributed by atoms with Crippen LogP contribution in [0.25, 0.3) is 0 Å². The van der Waals surface area contributed by atoms with E-state index in [4.69, 9.17) is 20.3 Å². The van der Waals surface area contributed by atoms with E-state index in [1.54, 1.807) is 6.92 Å². The van der Waals surface area contributed by atoms with Gasteiger partial charge in [0.25, 0.3) is 0 Å². The Balaban J connectivity index is 2.42. The van der Waals surface area contributed by atoms with Crippen molar-refractivity contribution in [2.75, 3.05) is 5.73 Å². The van der Waals surface area contributed by atoms with Gasteiger partial charge in [-0.1, -0.05) is 6.58 Å².